The molecule has 0 aliphatic heterocycles. The maximum absolute atomic E-state index is 12.7. The van der Waals surface area contributed by atoms with Gasteiger partial charge in [-0.15, -0.1) is 0 Å². The molecule has 0 spiro atoms. The predicted molar refractivity (Wildman–Crippen MR) is 102 cm³/mol. The van der Waals surface area contributed by atoms with Crippen LogP contribution in [-0.2, 0) is 22.5 Å². The molecule has 0 bridgehead atoms. The van der Waals surface area contributed by atoms with Gasteiger partial charge >= 0.3 is 0 Å². The molecule has 0 saturated carbocycles. The zero-order valence-corrected chi connectivity index (χ0v) is 14.9. The maximum atomic E-state index is 12.7. The van der Waals surface area contributed by atoms with E-state index in [9.17, 15) is 4.79 Å². The molecule has 134 valence electrons. The smallest absolute Gasteiger partial charge is 0.227 e. The van der Waals surface area contributed by atoms with Crippen molar-refractivity contribution in [1.82, 2.24) is 4.90 Å². The number of hydrogen-bond acceptors (Lipinski definition) is 3. The van der Waals surface area contributed by atoms with Gasteiger partial charge in [0.05, 0.1) is 25.6 Å². The summed E-state index contributed by atoms with van der Waals surface area (Å²) in [6, 6.07) is 20.3. The summed E-state index contributed by atoms with van der Waals surface area (Å²) in [5, 5.41) is 0. The lowest BCUT2D eigenvalue weighted by molar-refractivity contribution is -0.131. The second-order valence-electron chi connectivity index (χ2n) is 6.18. The zero-order chi connectivity index (χ0) is 18.2. The Morgan fingerprint density at radius 2 is 1.69 bits per heavy atom. The number of ether oxygens (including phenoxy) is 1. The summed E-state index contributed by atoms with van der Waals surface area (Å²) in [4.78, 5) is 14.5. The van der Waals surface area contributed by atoms with Crippen LogP contribution in [0.4, 0.5) is 0 Å². The molecule has 0 fully saturated rings. The topological polar surface area (TPSA) is 42.7 Å². The molecular weight excluding hydrogens is 326 g/mol. The summed E-state index contributed by atoms with van der Waals surface area (Å²) in [6.07, 6.45) is 3.66. The molecule has 2 aromatic carbocycles. The van der Waals surface area contributed by atoms with Crippen LogP contribution in [0.25, 0.3) is 11.1 Å². The van der Waals surface area contributed by atoms with E-state index in [2.05, 4.69) is 24.3 Å². The Balaban J connectivity index is 1.66. The average molecular weight is 349 g/mol. The molecule has 1 amide bonds. The summed E-state index contributed by atoms with van der Waals surface area (Å²) in [7, 11) is 1.64. The van der Waals surface area contributed by atoms with E-state index in [1.165, 1.54) is 5.56 Å². The van der Waals surface area contributed by atoms with Gasteiger partial charge in [-0.1, -0.05) is 54.6 Å². The number of methoxy groups -OCH3 is 1. The molecule has 0 radical (unpaired) electrons. The van der Waals surface area contributed by atoms with Crippen LogP contribution in [0.2, 0.25) is 0 Å². The Bertz CT molecular complexity index is 795. The van der Waals surface area contributed by atoms with Crippen molar-refractivity contribution in [1.29, 1.82) is 0 Å². The van der Waals surface area contributed by atoms with Crippen molar-refractivity contribution in [2.24, 2.45) is 0 Å². The Kier molecular flexibility index (Phi) is 6.23. The number of furan rings is 1. The molecule has 3 aromatic rings. The van der Waals surface area contributed by atoms with Crippen LogP contribution < -0.4 is 0 Å². The Morgan fingerprint density at radius 1 is 0.962 bits per heavy atom. The lowest BCUT2D eigenvalue weighted by Crippen LogP contribution is -2.34. The second-order valence-corrected chi connectivity index (χ2v) is 6.18. The van der Waals surface area contributed by atoms with Gasteiger partial charge in [0.2, 0.25) is 5.91 Å². The second kappa shape index (κ2) is 9.02. The van der Waals surface area contributed by atoms with Crippen LogP contribution in [0.5, 0.6) is 0 Å². The lowest BCUT2D eigenvalue weighted by atomic mass is 10.0. The van der Waals surface area contributed by atoms with E-state index in [1.807, 2.05) is 36.4 Å². The third-order valence-corrected chi connectivity index (χ3v) is 4.29. The van der Waals surface area contributed by atoms with Crippen molar-refractivity contribution in [2.45, 2.75) is 13.0 Å². The summed E-state index contributed by atoms with van der Waals surface area (Å²) >= 11 is 0. The van der Waals surface area contributed by atoms with Gasteiger partial charge in [-0.25, -0.2) is 0 Å². The normalized spacial score (nSPS) is 10.7. The molecule has 3 rings (SSSR count). The van der Waals surface area contributed by atoms with Crippen LogP contribution in [0.15, 0.2) is 77.6 Å². The van der Waals surface area contributed by atoms with Crippen molar-refractivity contribution in [3.63, 3.8) is 0 Å². The fourth-order valence-electron chi connectivity index (χ4n) is 2.83. The summed E-state index contributed by atoms with van der Waals surface area (Å²) in [5.74, 6) is 0.0794. The highest BCUT2D eigenvalue weighted by atomic mass is 16.5. The number of amides is 1. The third kappa shape index (κ3) is 4.83. The Hall–Kier alpha value is -2.85. The molecule has 1 aromatic heterocycles. The molecular formula is C22H23NO3. The van der Waals surface area contributed by atoms with E-state index in [0.29, 0.717) is 26.1 Å². The Labute approximate surface area is 154 Å². The quantitative estimate of drug-likeness (QED) is 0.613. The fourth-order valence-corrected chi connectivity index (χ4v) is 2.83. The number of carbonyl (C=O) groups is 1. The first-order valence-electron chi connectivity index (χ1n) is 8.68. The minimum Gasteiger partial charge on any atom is -0.472 e. The molecule has 26 heavy (non-hydrogen) atoms. The van der Waals surface area contributed by atoms with Crippen LogP contribution in [0.1, 0.15) is 11.1 Å². The van der Waals surface area contributed by atoms with Crippen LogP contribution in [0.3, 0.4) is 0 Å². The summed E-state index contributed by atoms with van der Waals surface area (Å²) in [6.45, 7) is 1.60. The van der Waals surface area contributed by atoms with Gasteiger partial charge in [-0.3, -0.25) is 4.79 Å². The van der Waals surface area contributed by atoms with Gasteiger partial charge in [0.1, 0.15) is 0 Å². The van der Waals surface area contributed by atoms with Crippen LogP contribution >= 0.6 is 0 Å². The molecule has 1 heterocycles. The number of carbonyl (C=O) groups excluding carboxylic acids is 1. The van der Waals surface area contributed by atoms with Crippen molar-refractivity contribution in [2.75, 3.05) is 20.3 Å². The standard InChI is InChI=1S/C22H23NO3/c1-25-14-12-23(16-19-11-13-26-17-19)22(24)15-18-7-9-21(10-8-18)20-5-3-2-4-6-20/h2-11,13,17H,12,14-16H2,1H3. The fraction of sp³-hybridized carbons (Fsp3) is 0.227. The molecule has 4 nitrogen and oxygen atoms in total. The molecule has 0 aliphatic rings. The molecule has 0 saturated heterocycles. The van der Waals surface area contributed by atoms with E-state index in [1.54, 1.807) is 24.5 Å². The number of benzene rings is 2. The van der Waals surface area contributed by atoms with Gasteiger partial charge in [0.25, 0.3) is 0 Å². The van der Waals surface area contributed by atoms with Crippen LogP contribution in [0, 0.1) is 0 Å². The first-order valence-corrected chi connectivity index (χ1v) is 8.68. The van der Waals surface area contributed by atoms with E-state index in [4.69, 9.17) is 9.15 Å². The Morgan fingerprint density at radius 3 is 2.35 bits per heavy atom. The highest BCUT2D eigenvalue weighted by Gasteiger charge is 2.15. The molecule has 4 heteroatoms. The van der Waals surface area contributed by atoms with E-state index < -0.39 is 0 Å². The van der Waals surface area contributed by atoms with E-state index in [-0.39, 0.29) is 5.91 Å². The average Bonchev–Trinajstić information content (AvgIpc) is 3.19. The third-order valence-electron chi connectivity index (χ3n) is 4.29. The van der Waals surface area contributed by atoms with Gasteiger partial charge in [0.15, 0.2) is 0 Å². The van der Waals surface area contributed by atoms with Gasteiger partial charge < -0.3 is 14.1 Å². The number of nitrogens with zero attached hydrogens (tertiary/aromatic N) is 1. The van der Waals surface area contributed by atoms with E-state index >= 15 is 0 Å². The van der Waals surface area contributed by atoms with Crippen molar-refractivity contribution >= 4 is 5.91 Å². The number of hydrogen-bond donors (Lipinski definition) is 0. The highest BCUT2D eigenvalue weighted by molar-refractivity contribution is 5.79. The first-order chi connectivity index (χ1) is 12.8. The zero-order valence-electron chi connectivity index (χ0n) is 14.9. The lowest BCUT2D eigenvalue weighted by Gasteiger charge is -2.22. The SMILES string of the molecule is COCCN(Cc1ccoc1)C(=O)Cc1ccc(-c2ccccc2)cc1. The minimum atomic E-state index is 0.0794. The molecule has 0 atom stereocenters. The molecule has 0 N–H and O–H groups in total. The van der Waals surface area contributed by atoms with Crippen molar-refractivity contribution in [3.8, 4) is 11.1 Å². The number of rotatable bonds is 8. The first kappa shape index (κ1) is 18.0. The van der Waals surface area contributed by atoms with Crippen molar-refractivity contribution in [3.05, 3.63) is 84.3 Å². The highest BCUT2D eigenvalue weighted by Crippen LogP contribution is 2.19. The maximum Gasteiger partial charge on any atom is 0.227 e. The molecule has 0 aliphatic carbocycles. The van der Waals surface area contributed by atoms with E-state index in [0.717, 1.165) is 16.7 Å². The van der Waals surface area contributed by atoms with Gasteiger partial charge in [-0.2, -0.15) is 0 Å². The monoisotopic (exact) mass is 349 g/mol. The summed E-state index contributed by atoms with van der Waals surface area (Å²) in [5.41, 5.74) is 4.31. The van der Waals surface area contributed by atoms with Crippen LogP contribution in [-0.4, -0.2) is 31.1 Å². The predicted octanol–water partition coefficient (Wildman–Crippen LogP) is 4.16. The minimum absolute atomic E-state index is 0.0794. The van der Waals surface area contributed by atoms with Gasteiger partial charge in [0, 0.05) is 25.8 Å². The van der Waals surface area contributed by atoms with Gasteiger partial charge in [-0.05, 0) is 22.8 Å². The molecule has 0 unspecified atom stereocenters. The largest absolute Gasteiger partial charge is 0.472 e. The van der Waals surface area contributed by atoms with Crippen molar-refractivity contribution < 1.29 is 13.9 Å². The summed E-state index contributed by atoms with van der Waals surface area (Å²) < 4.78 is 10.2.